The van der Waals surface area contributed by atoms with Gasteiger partial charge in [0, 0.05) is 68.5 Å². The van der Waals surface area contributed by atoms with Crippen molar-refractivity contribution in [1.82, 2.24) is 19.8 Å². The van der Waals surface area contributed by atoms with E-state index in [1.54, 1.807) is 17.0 Å². The highest BCUT2D eigenvalue weighted by molar-refractivity contribution is 5.98. The van der Waals surface area contributed by atoms with Crippen molar-refractivity contribution in [2.45, 2.75) is 13.0 Å². The Labute approximate surface area is 205 Å². The first-order valence-corrected chi connectivity index (χ1v) is 11.3. The predicted octanol–water partition coefficient (Wildman–Crippen LogP) is 2.58. The van der Waals surface area contributed by atoms with Gasteiger partial charge in [0.05, 0.1) is 16.8 Å². The fourth-order valence-corrected chi connectivity index (χ4v) is 3.89. The third-order valence-corrected chi connectivity index (χ3v) is 6.04. The van der Waals surface area contributed by atoms with E-state index in [9.17, 15) is 22.8 Å². The van der Waals surface area contributed by atoms with Gasteiger partial charge in [-0.05, 0) is 37.4 Å². The number of rotatable bonds is 7. The lowest BCUT2D eigenvalue weighted by molar-refractivity contribution is 0.0663. The van der Waals surface area contributed by atoms with Crippen LogP contribution in [0.5, 0.6) is 0 Å². The molecule has 0 spiro atoms. The van der Waals surface area contributed by atoms with Gasteiger partial charge in [0.15, 0.2) is 11.6 Å². The topological polar surface area (TPSA) is 104 Å². The van der Waals surface area contributed by atoms with Crippen LogP contribution in [0.2, 0.25) is 0 Å². The molecule has 0 radical (unpaired) electrons. The Balaban J connectivity index is 1.48. The minimum Gasteiger partial charge on any atom is -0.380 e. The molecule has 8 nitrogen and oxygen atoms in total. The average Bonchev–Trinajstić information content (AvgIpc) is 2.87. The van der Waals surface area contributed by atoms with E-state index in [0.717, 1.165) is 19.2 Å². The van der Waals surface area contributed by atoms with Crippen LogP contribution in [0.1, 0.15) is 37.7 Å². The van der Waals surface area contributed by atoms with Gasteiger partial charge >= 0.3 is 0 Å². The lowest BCUT2D eigenvalue weighted by Gasteiger charge is -2.32. The smallest absolute Gasteiger partial charge is 0.255 e. The van der Waals surface area contributed by atoms with Gasteiger partial charge in [-0.3, -0.25) is 19.6 Å². The Morgan fingerprint density at radius 2 is 1.67 bits per heavy atom. The molecular weight excluding hydrogens is 473 g/mol. The second-order valence-electron chi connectivity index (χ2n) is 8.57. The first kappa shape index (κ1) is 25.1. The number of nitrogens with two attached hydrogens (primary N) is 1. The molecule has 0 saturated carbocycles. The summed E-state index contributed by atoms with van der Waals surface area (Å²) < 4.78 is 41.5. The Morgan fingerprint density at radius 3 is 2.33 bits per heavy atom. The highest BCUT2D eigenvalue weighted by Gasteiger charge is 2.21. The molecule has 1 aromatic carbocycles. The van der Waals surface area contributed by atoms with E-state index in [4.69, 9.17) is 5.73 Å². The number of aromatic nitrogens is 2. The second-order valence-corrected chi connectivity index (χ2v) is 8.57. The number of halogens is 3. The lowest BCUT2D eigenvalue weighted by atomic mass is 10.1. The van der Waals surface area contributed by atoms with E-state index in [1.165, 1.54) is 18.5 Å². The average molecular weight is 499 g/mol. The fraction of sp³-hybridized carbons (Fsp3) is 0.280. The van der Waals surface area contributed by atoms with Gasteiger partial charge in [0.1, 0.15) is 5.82 Å². The van der Waals surface area contributed by atoms with Crippen LogP contribution in [0, 0.1) is 17.5 Å². The van der Waals surface area contributed by atoms with Gasteiger partial charge in [0.25, 0.3) is 11.8 Å². The second kappa shape index (κ2) is 10.7. The van der Waals surface area contributed by atoms with Gasteiger partial charge in [-0.15, -0.1) is 0 Å². The number of anilines is 1. The fourth-order valence-electron chi connectivity index (χ4n) is 3.89. The maximum Gasteiger partial charge on any atom is 0.255 e. The maximum absolute atomic E-state index is 14.0. The number of likely N-dealkylation sites (N-methyl/N-ethyl adjacent to an activating group) is 1. The summed E-state index contributed by atoms with van der Waals surface area (Å²) in [7, 11) is 2.02. The molecule has 1 aliphatic heterocycles. The summed E-state index contributed by atoms with van der Waals surface area (Å²) in [5.74, 6) is -4.28. The Morgan fingerprint density at radius 1 is 0.972 bits per heavy atom. The zero-order valence-corrected chi connectivity index (χ0v) is 19.6. The Hall–Kier alpha value is -3.99. The van der Waals surface area contributed by atoms with Crippen LogP contribution in [0.4, 0.5) is 18.9 Å². The summed E-state index contributed by atoms with van der Waals surface area (Å²) in [6.45, 7) is 2.54. The molecule has 188 valence electrons. The van der Waals surface area contributed by atoms with E-state index < -0.39 is 35.5 Å². The third-order valence-electron chi connectivity index (χ3n) is 6.04. The zero-order valence-electron chi connectivity index (χ0n) is 19.6. The molecule has 36 heavy (non-hydrogen) atoms. The largest absolute Gasteiger partial charge is 0.380 e. The molecular formula is C25H25F3N6O2. The third kappa shape index (κ3) is 5.62. The van der Waals surface area contributed by atoms with Gasteiger partial charge in [0.2, 0.25) is 0 Å². The number of piperazine rings is 1. The number of hydrogen-bond donors (Lipinski definition) is 2. The molecule has 2 amide bonds. The molecule has 0 unspecified atom stereocenters. The standard InChI is InChI=1S/C25H25F3N6O2/c1-33-6-8-34(9-7-33)25(36)15-2-3-16(30-12-15)10-17-11-22(19(14-31-17)24(29)35)32-13-18-20(26)4-5-21(27)23(18)28/h2-5,11-12,14H,6-10,13H2,1H3,(H2,29,35)(H,31,32). The van der Waals surface area contributed by atoms with Crippen molar-refractivity contribution in [1.29, 1.82) is 0 Å². The monoisotopic (exact) mass is 498 g/mol. The molecule has 1 saturated heterocycles. The lowest BCUT2D eigenvalue weighted by Crippen LogP contribution is -2.47. The van der Waals surface area contributed by atoms with Crippen LogP contribution >= 0.6 is 0 Å². The van der Waals surface area contributed by atoms with Crippen LogP contribution in [-0.4, -0.2) is 64.8 Å². The summed E-state index contributed by atoms with van der Waals surface area (Å²) >= 11 is 0. The van der Waals surface area contributed by atoms with Crippen molar-refractivity contribution in [3.63, 3.8) is 0 Å². The molecule has 2 aromatic heterocycles. The van der Waals surface area contributed by atoms with E-state index in [0.29, 0.717) is 36.1 Å². The van der Waals surface area contributed by atoms with Crippen LogP contribution < -0.4 is 11.1 Å². The van der Waals surface area contributed by atoms with E-state index in [1.807, 2.05) is 7.05 Å². The van der Waals surface area contributed by atoms with Gasteiger partial charge < -0.3 is 20.9 Å². The summed E-state index contributed by atoms with van der Waals surface area (Å²) in [5.41, 5.74) is 6.71. The van der Waals surface area contributed by atoms with Crippen LogP contribution in [0.3, 0.4) is 0 Å². The predicted molar refractivity (Wildman–Crippen MR) is 127 cm³/mol. The quantitative estimate of drug-likeness (QED) is 0.486. The summed E-state index contributed by atoms with van der Waals surface area (Å²) in [6, 6.07) is 6.46. The highest BCUT2D eigenvalue weighted by Crippen LogP contribution is 2.21. The molecule has 1 aliphatic rings. The first-order chi connectivity index (χ1) is 17.2. The van der Waals surface area contributed by atoms with E-state index in [2.05, 4.69) is 20.2 Å². The number of benzene rings is 1. The number of primary amides is 1. The highest BCUT2D eigenvalue weighted by atomic mass is 19.2. The first-order valence-electron chi connectivity index (χ1n) is 11.3. The summed E-state index contributed by atoms with van der Waals surface area (Å²) in [6.07, 6.45) is 3.03. The molecule has 11 heteroatoms. The molecule has 0 bridgehead atoms. The van der Waals surface area contributed by atoms with Crippen LogP contribution in [-0.2, 0) is 13.0 Å². The normalized spacial score (nSPS) is 14.1. The van der Waals surface area contributed by atoms with Gasteiger partial charge in [-0.25, -0.2) is 13.2 Å². The molecule has 1 fully saturated rings. The number of pyridine rings is 2. The number of nitrogens with one attached hydrogen (secondary N) is 1. The number of amides is 2. The van der Waals surface area contributed by atoms with E-state index >= 15 is 0 Å². The molecule has 0 aliphatic carbocycles. The van der Waals surface area contributed by atoms with Crippen molar-refractivity contribution >= 4 is 17.5 Å². The zero-order chi connectivity index (χ0) is 25.8. The minimum atomic E-state index is -1.31. The number of carbonyl (C=O) groups is 2. The molecule has 3 N–H and O–H groups in total. The van der Waals surface area contributed by atoms with Gasteiger partial charge in [-0.1, -0.05) is 0 Å². The van der Waals surface area contributed by atoms with Crippen molar-refractivity contribution in [2.75, 3.05) is 38.5 Å². The van der Waals surface area contributed by atoms with E-state index in [-0.39, 0.29) is 23.6 Å². The van der Waals surface area contributed by atoms with Crippen molar-refractivity contribution in [3.8, 4) is 0 Å². The minimum absolute atomic E-state index is 0.0112. The van der Waals surface area contributed by atoms with Crippen molar-refractivity contribution in [3.05, 3.63) is 88.3 Å². The van der Waals surface area contributed by atoms with Crippen LogP contribution in [0.15, 0.2) is 42.7 Å². The van der Waals surface area contributed by atoms with Crippen LogP contribution in [0.25, 0.3) is 0 Å². The summed E-state index contributed by atoms with van der Waals surface area (Å²) in [4.78, 5) is 37.1. The Kier molecular flexibility index (Phi) is 7.49. The number of carbonyl (C=O) groups excluding carboxylic acids is 2. The molecule has 0 atom stereocenters. The Bertz CT molecular complexity index is 1280. The number of nitrogens with zero attached hydrogens (tertiary/aromatic N) is 4. The summed E-state index contributed by atoms with van der Waals surface area (Å²) in [5, 5.41) is 2.75. The van der Waals surface area contributed by atoms with Crippen molar-refractivity contribution in [2.24, 2.45) is 5.73 Å². The molecule has 3 aromatic rings. The maximum atomic E-state index is 14.0. The van der Waals surface area contributed by atoms with Gasteiger partial charge in [-0.2, -0.15) is 0 Å². The molecule has 3 heterocycles. The number of hydrogen-bond acceptors (Lipinski definition) is 6. The molecule has 4 rings (SSSR count). The van der Waals surface area contributed by atoms with Crippen molar-refractivity contribution < 1.29 is 22.8 Å². The SMILES string of the molecule is CN1CCN(C(=O)c2ccc(Cc3cc(NCc4c(F)ccc(F)c4F)c(C(N)=O)cn3)nc2)CC1.